The van der Waals surface area contributed by atoms with Gasteiger partial charge in [-0.15, -0.1) is 11.3 Å². The summed E-state index contributed by atoms with van der Waals surface area (Å²) in [5, 5.41) is 11.9. The normalized spacial score (nSPS) is 9.44. The van der Waals surface area contributed by atoms with Gasteiger partial charge in [-0.25, -0.2) is 9.90 Å². The predicted octanol–water partition coefficient (Wildman–Crippen LogP) is 1.63. The third-order valence-electron chi connectivity index (χ3n) is 1.05. The van der Waals surface area contributed by atoms with E-state index >= 15 is 0 Å². The van der Waals surface area contributed by atoms with Gasteiger partial charge in [0.05, 0.1) is 0 Å². The van der Waals surface area contributed by atoms with Gasteiger partial charge in [-0.3, -0.25) is 0 Å². The first-order chi connectivity index (χ1) is 4.22. The van der Waals surface area contributed by atoms with Crippen LogP contribution in [-0.2, 0) is 5.11 Å². The third kappa shape index (κ3) is 1.10. The number of carbonyl (C=O) groups is 1. The zero-order valence-corrected chi connectivity index (χ0v) is 5.70. The smallest absolute Gasteiger partial charge is 0.241 e. The molecule has 1 aromatic heterocycles. The van der Waals surface area contributed by atoms with Crippen LogP contribution in [0.15, 0.2) is 11.4 Å². The molecule has 0 bridgehead atoms. The van der Waals surface area contributed by atoms with E-state index in [-0.39, 0.29) is 0 Å². The summed E-state index contributed by atoms with van der Waals surface area (Å²) >= 11 is 1.20. The molecule has 47 valence electrons. The minimum Gasteiger partial charge on any atom is -0.241 e. The second-order valence-electron chi connectivity index (χ2n) is 1.72. The van der Waals surface area contributed by atoms with Gasteiger partial charge in [0.2, 0.25) is 0 Å². The largest absolute Gasteiger partial charge is 0.396 e. The van der Waals surface area contributed by atoms with Crippen LogP contribution in [0.4, 0.5) is 0 Å². The third-order valence-corrected chi connectivity index (χ3v) is 2.04. The SMILES string of the molecule is Cc1ccsc1C([O])=O. The molecular weight excluding hydrogens is 136 g/mol. The van der Waals surface area contributed by atoms with Gasteiger partial charge in [0.25, 0.3) is 0 Å². The summed E-state index contributed by atoms with van der Waals surface area (Å²) in [7, 11) is 0. The van der Waals surface area contributed by atoms with Crippen molar-refractivity contribution < 1.29 is 9.90 Å². The Balaban J connectivity index is 3.08. The highest BCUT2D eigenvalue weighted by molar-refractivity contribution is 7.12. The molecule has 0 amide bonds. The fourth-order valence-electron chi connectivity index (χ4n) is 0.582. The zero-order chi connectivity index (χ0) is 6.85. The van der Waals surface area contributed by atoms with Crippen LogP contribution in [-0.4, -0.2) is 5.97 Å². The lowest BCUT2D eigenvalue weighted by atomic mass is 10.3. The van der Waals surface area contributed by atoms with E-state index in [0.717, 1.165) is 5.56 Å². The molecule has 0 aliphatic rings. The molecule has 0 unspecified atom stereocenters. The average Bonchev–Trinajstić information content (AvgIpc) is 2.13. The Morgan fingerprint density at radius 1 is 1.67 bits per heavy atom. The van der Waals surface area contributed by atoms with Crippen molar-refractivity contribution >= 4 is 17.3 Å². The van der Waals surface area contributed by atoms with Crippen LogP contribution in [0.2, 0.25) is 0 Å². The first kappa shape index (κ1) is 6.29. The summed E-state index contributed by atoms with van der Waals surface area (Å²) in [6, 6.07) is 1.76. The number of hydrogen-bond donors (Lipinski definition) is 0. The van der Waals surface area contributed by atoms with Crippen LogP contribution < -0.4 is 0 Å². The van der Waals surface area contributed by atoms with Crippen molar-refractivity contribution in [3.05, 3.63) is 21.9 Å². The number of carbonyl (C=O) groups excluding carboxylic acids is 1. The van der Waals surface area contributed by atoms with Crippen molar-refractivity contribution in [3.8, 4) is 0 Å². The van der Waals surface area contributed by atoms with Crippen LogP contribution in [0.3, 0.4) is 0 Å². The quantitative estimate of drug-likeness (QED) is 0.585. The number of hydrogen-bond acceptors (Lipinski definition) is 2. The summed E-state index contributed by atoms with van der Waals surface area (Å²) in [4.78, 5) is 10.5. The Labute approximate surface area is 56.8 Å². The maximum atomic E-state index is 10.2. The van der Waals surface area contributed by atoms with Crippen molar-refractivity contribution in [3.63, 3.8) is 0 Å². The molecular formula is C6H5O2S. The summed E-state index contributed by atoms with van der Waals surface area (Å²) in [5.74, 6) is -1.08. The fourth-order valence-corrected chi connectivity index (χ4v) is 1.34. The Kier molecular flexibility index (Phi) is 1.53. The lowest BCUT2D eigenvalue weighted by Crippen LogP contribution is -1.90. The van der Waals surface area contributed by atoms with Crippen molar-refractivity contribution in [1.82, 2.24) is 0 Å². The lowest BCUT2D eigenvalue weighted by molar-refractivity contribution is 0.0578. The molecule has 9 heavy (non-hydrogen) atoms. The van der Waals surface area contributed by atoms with Gasteiger partial charge in [-0.2, -0.15) is 0 Å². The molecule has 0 atom stereocenters. The molecule has 0 aromatic carbocycles. The van der Waals surface area contributed by atoms with Gasteiger partial charge in [-0.05, 0) is 23.9 Å². The Bertz CT molecular complexity index is 227. The van der Waals surface area contributed by atoms with Gasteiger partial charge in [0, 0.05) is 0 Å². The monoisotopic (exact) mass is 141 g/mol. The number of aryl methyl sites for hydroxylation is 1. The minimum atomic E-state index is -1.08. The van der Waals surface area contributed by atoms with Crippen LogP contribution in [0.1, 0.15) is 15.2 Å². The van der Waals surface area contributed by atoms with E-state index in [1.807, 2.05) is 0 Å². The van der Waals surface area contributed by atoms with E-state index in [9.17, 15) is 9.90 Å². The maximum Gasteiger partial charge on any atom is 0.396 e. The molecule has 0 aliphatic heterocycles. The van der Waals surface area contributed by atoms with Crippen LogP contribution in [0, 0.1) is 6.92 Å². The molecule has 1 radical (unpaired) electrons. The van der Waals surface area contributed by atoms with Crippen molar-refractivity contribution in [2.45, 2.75) is 6.92 Å². The van der Waals surface area contributed by atoms with Crippen molar-refractivity contribution in [2.24, 2.45) is 0 Å². The number of thiophene rings is 1. The second kappa shape index (κ2) is 2.19. The van der Waals surface area contributed by atoms with E-state index in [1.54, 1.807) is 18.4 Å². The van der Waals surface area contributed by atoms with E-state index in [1.165, 1.54) is 11.3 Å². The van der Waals surface area contributed by atoms with Gasteiger partial charge in [0.15, 0.2) is 0 Å². The lowest BCUT2D eigenvalue weighted by Gasteiger charge is -1.83. The molecule has 1 rings (SSSR count). The molecule has 2 nitrogen and oxygen atoms in total. The van der Waals surface area contributed by atoms with Gasteiger partial charge < -0.3 is 0 Å². The highest BCUT2D eigenvalue weighted by Crippen LogP contribution is 2.14. The summed E-state index contributed by atoms with van der Waals surface area (Å²) in [6.07, 6.45) is 0. The molecule has 1 heterocycles. The Morgan fingerprint density at radius 2 is 2.33 bits per heavy atom. The average molecular weight is 141 g/mol. The highest BCUT2D eigenvalue weighted by Gasteiger charge is 2.08. The number of rotatable bonds is 1. The standard InChI is InChI=1S/C6H5O2S/c1-4-2-3-9-5(4)6(7)8/h2-3H,1H3. The van der Waals surface area contributed by atoms with E-state index in [0.29, 0.717) is 4.88 Å². The molecule has 0 N–H and O–H groups in total. The molecule has 1 aromatic rings. The van der Waals surface area contributed by atoms with Crippen LogP contribution in [0.5, 0.6) is 0 Å². The molecule has 0 aliphatic carbocycles. The molecule has 0 fully saturated rings. The molecule has 0 saturated carbocycles. The molecule has 3 heteroatoms. The summed E-state index contributed by atoms with van der Waals surface area (Å²) in [6.45, 7) is 1.75. The second-order valence-corrected chi connectivity index (χ2v) is 2.64. The first-order valence-electron chi connectivity index (χ1n) is 2.47. The van der Waals surface area contributed by atoms with Gasteiger partial charge >= 0.3 is 5.97 Å². The maximum absolute atomic E-state index is 10.2. The van der Waals surface area contributed by atoms with E-state index in [2.05, 4.69) is 0 Å². The fraction of sp³-hybridized carbons (Fsp3) is 0.167. The Hall–Kier alpha value is -0.830. The van der Waals surface area contributed by atoms with E-state index < -0.39 is 5.97 Å². The van der Waals surface area contributed by atoms with E-state index in [4.69, 9.17) is 0 Å². The zero-order valence-electron chi connectivity index (χ0n) is 4.88. The summed E-state index contributed by atoms with van der Waals surface area (Å²) < 4.78 is 0. The van der Waals surface area contributed by atoms with Gasteiger partial charge in [-0.1, -0.05) is 0 Å². The topological polar surface area (TPSA) is 37.0 Å². The van der Waals surface area contributed by atoms with Crippen molar-refractivity contribution in [1.29, 1.82) is 0 Å². The van der Waals surface area contributed by atoms with Crippen LogP contribution >= 0.6 is 11.3 Å². The van der Waals surface area contributed by atoms with Crippen LogP contribution in [0.25, 0.3) is 0 Å². The first-order valence-corrected chi connectivity index (χ1v) is 3.35. The summed E-state index contributed by atoms with van der Waals surface area (Å²) in [5.41, 5.74) is 0.778. The molecule has 0 saturated heterocycles. The van der Waals surface area contributed by atoms with Crippen molar-refractivity contribution in [2.75, 3.05) is 0 Å². The predicted molar refractivity (Wildman–Crippen MR) is 34.1 cm³/mol. The Morgan fingerprint density at radius 3 is 2.56 bits per heavy atom. The molecule has 0 spiro atoms. The van der Waals surface area contributed by atoms with Gasteiger partial charge in [0.1, 0.15) is 4.88 Å². The minimum absolute atomic E-state index is 0.329. The highest BCUT2D eigenvalue weighted by atomic mass is 32.1.